The van der Waals surface area contributed by atoms with Gasteiger partial charge in [-0.15, -0.1) is 12.4 Å². The number of primary amides is 1. The van der Waals surface area contributed by atoms with Crippen molar-refractivity contribution < 1.29 is 9.59 Å². The summed E-state index contributed by atoms with van der Waals surface area (Å²) >= 11 is 5.80. The molecule has 5 nitrogen and oxygen atoms in total. The van der Waals surface area contributed by atoms with Crippen LogP contribution in [-0.4, -0.2) is 17.9 Å². The summed E-state index contributed by atoms with van der Waals surface area (Å²) in [5.41, 5.74) is 11.5. The molecule has 19 heavy (non-hydrogen) atoms. The Morgan fingerprint density at radius 2 is 1.89 bits per heavy atom. The van der Waals surface area contributed by atoms with Gasteiger partial charge in [0, 0.05) is 5.69 Å². The van der Waals surface area contributed by atoms with Gasteiger partial charge in [0.15, 0.2) is 0 Å². The number of hydrogen-bond donors (Lipinski definition) is 3. The number of anilines is 1. The molecule has 0 saturated heterocycles. The van der Waals surface area contributed by atoms with Crippen LogP contribution in [-0.2, 0) is 4.79 Å². The van der Waals surface area contributed by atoms with E-state index in [1.807, 2.05) is 13.8 Å². The summed E-state index contributed by atoms with van der Waals surface area (Å²) in [5, 5.41) is 2.86. The first-order valence-corrected chi connectivity index (χ1v) is 5.86. The highest BCUT2D eigenvalue weighted by molar-refractivity contribution is 6.34. The molecule has 0 aliphatic carbocycles. The fourth-order valence-corrected chi connectivity index (χ4v) is 1.53. The third-order valence-electron chi connectivity index (χ3n) is 2.52. The second-order valence-corrected chi connectivity index (χ2v) is 4.73. The zero-order valence-corrected chi connectivity index (χ0v) is 12.2. The minimum Gasteiger partial charge on any atom is -0.366 e. The van der Waals surface area contributed by atoms with Crippen molar-refractivity contribution in [3.63, 3.8) is 0 Å². The van der Waals surface area contributed by atoms with Crippen LogP contribution < -0.4 is 16.8 Å². The van der Waals surface area contributed by atoms with E-state index in [1.54, 1.807) is 6.07 Å². The minimum absolute atomic E-state index is 0. The molecule has 0 radical (unpaired) electrons. The maximum Gasteiger partial charge on any atom is 0.250 e. The van der Waals surface area contributed by atoms with Gasteiger partial charge in [-0.05, 0) is 24.1 Å². The normalized spacial score (nSPS) is 11.6. The molecular formula is C12H17Cl2N3O2. The fourth-order valence-electron chi connectivity index (χ4n) is 1.32. The maximum absolute atomic E-state index is 11.7. The average Bonchev–Trinajstić information content (AvgIpc) is 2.29. The Morgan fingerprint density at radius 1 is 1.32 bits per heavy atom. The Labute approximate surface area is 123 Å². The molecule has 0 aliphatic heterocycles. The zero-order valence-electron chi connectivity index (χ0n) is 10.6. The molecule has 2 amide bonds. The van der Waals surface area contributed by atoms with E-state index in [0.717, 1.165) is 0 Å². The van der Waals surface area contributed by atoms with E-state index in [2.05, 4.69) is 5.32 Å². The van der Waals surface area contributed by atoms with Gasteiger partial charge >= 0.3 is 0 Å². The van der Waals surface area contributed by atoms with Gasteiger partial charge in [-0.1, -0.05) is 25.4 Å². The summed E-state index contributed by atoms with van der Waals surface area (Å²) in [6.45, 7) is 3.70. The van der Waals surface area contributed by atoms with Crippen LogP contribution in [0.5, 0.6) is 0 Å². The number of carbonyl (C=O) groups is 2. The third-order valence-corrected chi connectivity index (χ3v) is 2.85. The number of hydrogen-bond acceptors (Lipinski definition) is 3. The van der Waals surface area contributed by atoms with E-state index in [4.69, 9.17) is 23.1 Å². The molecule has 106 valence electrons. The van der Waals surface area contributed by atoms with Crippen LogP contribution in [0, 0.1) is 5.92 Å². The molecule has 0 saturated carbocycles. The Hall–Kier alpha value is -1.30. The van der Waals surface area contributed by atoms with Gasteiger partial charge < -0.3 is 16.8 Å². The van der Waals surface area contributed by atoms with Crippen LogP contribution in [0.4, 0.5) is 5.69 Å². The lowest BCUT2D eigenvalue weighted by Crippen LogP contribution is -2.39. The van der Waals surface area contributed by atoms with Gasteiger partial charge in [0.05, 0.1) is 16.6 Å². The number of halogens is 2. The van der Waals surface area contributed by atoms with E-state index < -0.39 is 11.9 Å². The van der Waals surface area contributed by atoms with Crippen molar-refractivity contribution in [2.24, 2.45) is 17.4 Å². The molecular weight excluding hydrogens is 289 g/mol. The first-order chi connectivity index (χ1) is 8.32. The zero-order chi connectivity index (χ0) is 13.9. The van der Waals surface area contributed by atoms with Gasteiger partial charge in [0.25, 0.3) is 0 Å². The highest BCUT2D eigenvalue weighted by atomic mass is 35.5. The summed E-state index contributed by atoms with van der Waals surface area (Å²) in [6.07, 6.45) is 0. The van der Waals surface area contributed by atoms with E-state index in [9.17, 15) is 9.59 Å². The topological polar surface area (TPSA) is 98.2 Å². The van der Waals surface area contributed by atoms with E-state index in [0.29, 0.717) is 5.69 Å². The first-order valence-electron chi connectivity index (χ1n) is 5.48. The fraction of sp³-hybridized carbons (Fsp3) is 0.333. The van der Waals surface area contributed by atoms with E-state index in [-0.39, 0.29) is 34.8 Å². The number of rotatable bonds is 4. The SMILES string of the molecule is CC(C)[C@@H](N)C(=O)Nc1ccc(Cl)c(C(N)=O)c1.Cl. The van der Waals surface area contributed by atoms with Crippen LogP contribution >= 0.6 is 24.0 Å². The minimum atomic E-state index is -0.649. The Bertz CT molecular complexity index is 478. The van der Waals surface area contributed by atoms with Crippen molar-refractivity contribution in [1.82, 2.24) is 0 Å². The number of carbonyl (C=O) groups excluding carboxylic acids is 2. The van der Waals surface area contributed by atoms with Gasteiger partial charge in [-0.2, -0.15) is 0 Å². The van der Waals surface area contributed by atoms with Crippen molar-refractivity contribution in [3.05, 3.63) is 28.8 Å². The Morgan fingerprint density at radius 3 is 2.37 bits per heavy atom. The number of nitrogens with two attached hydrogens (primary N) is 2. The molecule has 1 rings (SSSR count). The van der Waals surface area contributed by atoms with Gasteiger partial charge in [-0.25, -0.2) is 0 Å². The number of nitrogens with one attached hydrogen (secondary N) is 1. The molecule has 0 heterocycles. The Kier molecular flexibility index (Phi) is 6.83. The van der Waals surface area contributed by atoms with Crippen LogP contribution in [0.25, 0.3) is 0 Å². The van der Waals surface area contributed by atoms with Gasteiger partial charge in [0.1, 0.15) is 0 Å². The van der Waals surface area contributed by atoms with Crippen molar-refractivity contribution in [2.45, 2.75) is 19.9 Å². The molecule has 0 aromatic heterocycles. The largest absolute Gasteiger partial charge is 0.366 e. The molecule has 5 N–H and O–H groups in total. The van der Waals surface area contributed by atoms with Crippen molar-refractivity contribution >= 4 is 41.5 Å². The predicted octanol–water partition coefficient (Wildman–Crippen LogP) is 1.78. The summed E-state index contributed by atoms with van der Waals surface area (Å²) in [6, 6.07) is 3.89. The molecule has 0 aliphatic rings. The van der Waals surface area contributed by atoms with E-state index >= 15 is 0 Å². The third kappa shape index (κ3) is 4.70. The van der Waals surface area contributed by atoms with Crippen molar-refractivity contribution in [3.8, 4) is 0 Å². The summed E-state index contributed by atoms with van der Waals surface area (Å²) in [4.78, 5) is 22.8. The van der Waals surface area contributed by atoms with Crippen LogP contribution in [0.2, 0.25) is 5.02 Å². The van der Waals surface area contributed by atoms with Crippen molar-refractivity contribution in [2.75, 3.05) is 5.32 Å². The maximum atomic E-state index is 11.7. The summed E-state index contributed by atoms with van der Waals surface area (Å²) < 4.78 is 0. The highest BCUT2D eigenvalue weighted by Gasteiger charge is 2.17. The monoisotopic (exact) mass is 305 g/mol. The van der Waals surface area contributed by atoms with Gasteiger partial charge in [0.2, 0.25) is 11.8 Å². The summed E-state index contributed by atoms with van der Waals surface area (Å²) in [5.74, 6) is -0.945. The van der Waals surface area contributed by atoms with Gasteiger partial charge in [-0.3, -0.25) is 9.59 Å². The standard InChI is InChI=1S/C12H16ClN3O2.ClH/c1-6(2)10(14)12(18)16-7-3-4-9(13)8(5-7)11(15)17;/h3-6,10H,14H2,1-2H3,(H2,15,17)(H,16,18);1H/t10-;/m1./s1. The molecule has 7 heteroatoms. The second-order valence-electron chi connectivity index (χ2n) is 4.32. The molecule has 0 unspecified atom stereocenters. The van der Waals surface area contributed by atoms with E-state index in [1.165, 1.54) is 12.1 Å². The quantitative estimate of drug-likeness (QED) is 0.790. The number of amides is 2. The van der Waals surface area contributed by atoms with Crippen LogP contribution in [0.3, 0.4) is 0 Å². The van der Waals surface area contributed by atoms with Crippen molar-refractivity contribution in [1.29, 1.82) is 0 Å². The molecule has 1 atom stereocenters. The second kappa shape index (κ2) is 7.33. The summed E-state index contributed by atoms with van der Waals surface area (Å²) in [7, 11) is 0. The molecule has 1 aromatic rings. The smallest absolute Gasteiger partial charge is 0.250 e. The predicted molar refractivity (Wildman–Crippen MR) is 78.7 cm³/mol. The molecule has 0 bridgehead atoms. The first kappa shape index (κ1) is 17.7. The molecule has 0 fully saturated rings. The van der Waals surface area contributed by atoms with Crippen LogP contribution in [0.1, 0.15) is 24.2 Å². The lowest BCUT2D eigenvalue weighted by atomic mass is 10.0. The highest BCUT2D eigenvalue weighted by Crippen LogP contribution is 2.20. The lowest BCUT2D eigenvalue weighted by molar-refractivity contribution is -0.118. The Balaban J connectivity index is 0.00000324. The molecule has 1 aromatic carbocycles. The average molecular weight is 306 g/mol. The van der Waals surface area contributed by atoms with Crippen LogP contribution in [0.15, 0.2) is 18.2 Å². The molecule has 0 spiro atoms. The lowest BCUT2D eigenvalue weighted by Gasteiger charge is -2.15. The number of benzene rings is 1.